The molecule has 1 N–H and O–H groups in total. The third-order valence-electron chi connectivity index (χ3n) is 3.92. The van der Waals surface area contributed by atoms with Crippen LogP contribution < -0.4 is 5.32 Å². The number of hydrogen-bond donors (Lipinski definition) is 1. The summed E-state index contributed by atoms with van der Waals surface area (Å²) >= 11 is 5.86. The number of aromatic nitrogens is 3. The van der Waals surface area contributed by atoms with Crippen molar-refractivity contribution in [3.63, 3.8) is 0 Å². The Kier molecular flexibility index (Phi) is 5.18. The molecule has 0 saturated carbocycles. The summed E-state index contributed by atoms with van der Waals surface area (Å²) in [5.74, 6) is -0.465. The third kappa shape index (κ3) is 4.28. The van der Waals surface area contributed by atoms with Crippen LogP contribution in [0, 0.1) is 6.92 Å². The molecule has 0 atom stereocenters. The Bertz CT molecular complexity index is 950. The first kappa shape index (κ1) is 18.9. The van der Waals surface area contributed by atoms with Crippen LogP contribution in [0.15, 0.2) is 48.5 Å². The summed E-state index contributed by atoms with van der Waals surface area (Å²) in [6, 6.07) is 11.5. The van der Waals surface area contributed by atoms with Gasteiger partial charge in [-0.05, 0) is 48.9 Å². The molecule has 3 aromatic rings. The van der Waals surface area contributed by atoms with Gasteiger partial charge < -0.3 is 5.32 Å². The number of halogens is 4. The molecule has 0 unspecified atom stereocenters. The maximum Gasteiger partial charge on any atom is 0.416 e. The van der Waals surface area contributed by atoms with E-state index in [0.29, 0.717) is 22.0 Å². The highest BCUT2D eigenvalue weighted by Gasteiger charge is 2.29. The van der Waals surface area contributed by atoms with Crippen LogP contribution in [-0.4, -0.2) is 20.9 Å². The van der Waals surface area contributed by atoms with Crippen LogP contribution in [-0.2, 0) is 12.7 Å². The van der Waals surface area contributed by atoms with Crippen molar-refractivity contribution in [2.75, 3.05) is 0 Å². The van der Waals surface area contributed by atoms with Gasteiger partial charge in [-0.15, -0.1) is 5.10 Å². The first-order valence-corrected chi connectivity index (χ1v) is 8.26. The lowest BCUT2D eigenvalue weighted by molar-refractivity contribution is -0.137. The highest BCUT2D eigenvalue weighted by Crippen LogP contribution is 2.29. The molecule has 0 aliphatic heterocycles. The highest BCUT2D eigenvalue weighted by molar-refractivity contribution is 6.30. The van der Waals surface area contributed by atoms with Crippen molar-refractivity contribution >= 4 is 17.5 Å². The molecule has 0 aliphatic rings. The van der Waals surface area contributed by atoms with Gasteiger partial charge in [-0.3, -0.25) is 4.79 Å². The summed E-state index contributed by atoms with van der Waals surface area (Å²) in [6.07, 6.45) is -4.39. The molecule has 1 heterocycles. The fourth-order valence-electron chi connectivity index (χ4n) is 2.44. The third-order valence-corrected chi connectivity index (χ3v) is 4.17. The highest BCUT2D eigenvalue weighted by atomic mass is 35.5. The second-order valence-corrected chi connectivity index (χ2v) is 6.23. The summed E-state index contributed by atoms with van der Waals surface area (Å²) in [5, 5.41) is 11.1. The molecule has 1 aromatic heterocycles. The molecule has 5 nitrogen and oxygen atoms in total. The van der Waals surface area contributed by atoms with Gasteiger partial charge in [0.1, 0.15) is 0 Å². The summed E-state index contributed by atoms with van der Waals surface area (Å²) in [7, 11) is 0. The number of nitrogens with zero attached hydrogens (tertiary/aromatic N) is 3. The average molecular weight is 395 g/mol. The Morgan fingerprint density at radius 2 is 1.74 bits per heavy atom. The van der Waals surface area contributed by atoms with Crippen LogP contribution in [0.3, 0.4) is 0 Å². The molecule has 0 bridgehead atoms. The molecule has 9 heteroatoms. The van der Waals surface area contributed by atoms with Crippen molar-refractivity contribution < 1.29 is 18.0 Å². The summed E-state index contributed by atoms with van der Waals surface area (Å²) in [6.45, 7) is 1.77. The van der Waals surface area contributed by atoms with Gasteiger partial charge in [-0.25, -0.2) is 4.68 Å². The average Bonchev–Trinajstić information content (AvgIpc) is 3.01. The van der Waals surface area contributed by atoms with E-state index in [2.05, 4.69) is 15.6 Å². The minimum Gasteiger partial charge on any atom is -0.347 e. The van der Waals surface area contributed by atoms with Crippen LogP contribution in [0.4, 0.5) is 13.2 Å². The van der Waals surface area contributed by atoms with E-state index in [0.717, 1.165) is 12.1 Å². The van der Waals surface area contributed by atoms with E-state index >= 15 is 0 Å². The van der Waals surface area contributed by atoms with Crippen molar-refractivity contribution in [2.24, 2.45) is 0 Å². The van der Waals surface area contributed by atoms with Crippen molar-refractivity contribution in [3.8, 4) is 5.69 Å². The Balaban J connectivity index is 1.69. The minimum absolute atomic E-state index is 0.0736. The fraction of sp³-hybridized carbons (Fsp3) is 0.167. The van der Waals surface area contributed by atoms with Crippen LogP contribution in [0.1, 0.15) is 27.3 Å². The van der Waals surface area contributed by atoms with Crippen LogP contribution in [0.25, 0.3) is 5.69 Å². The van der Waals surface area contributed by atoms with Crippen molar-refractivity contribution in [1.82, 2.24) is 20.3 Å². The van der Waals surface area contributed by atoms with Gasteiger partial charge in [0.05, 0.1) is 16.9 Å². The lowest BCUT2D eigenvalue weighted by atomic mass is 10.1. The van der Waals surface area contributed by atoms with Gasteiger partial charge >= 0.3 is 6.18 Å². The molecule has 3 rings (SSSR count). The Labute approximate surface area is 157 Å². The molecule has 0 saturated heterocycles. The first-order valence-electron chi connectivity index (χ1n) is 7.88. The van der Waals surface area contributed by atoms with Crippen molar-refractivity contribution in [1.29, 1.82) is 0 Å². The van der Waals surface area contributed by atoms with Crippen molar-refractivity contribution in [3.05, 3.63) is 76.1 Å². The van der Waals surface area contributed by atoms with Gasteiger partial charge in [-0.1, -0.05) is 28.9 Å². The van der Waals surface area contributed by atoms with E-state index in [1.165, 1.54) is 16.8 Å². The smallest absolute Gasteiger partial charge is 0.347 e. The van der Waals surface area contributed by atoms with E-state index < -0.39 is 17.6 Å². The van der Waals surface area contributed by atoms with Gasteiger partial charge in [-0.2, -0.15) is 13.2 Å². The van der Waals surface area contributed by atoms with Gasteiger partial charge in [0.25, 0.3) is 5.91 Å². The van der Waals surface area contributed by atoms with Gasteiger partial charge in [0.2, 0.25) is 0 Å². The predicted molar refractivity (Wildman–Crippen MR) is 93.7 cm³/mol. The molecule has 0 aliphatic carbocycles. The predicted octanol–water partition coefficient (Wildman–Crippen LogP) is 4.18. The lowest BCUT2D eigenvalue weighted by Crippen LogP contribution is -2.24. The van der Waals surface area contributed by atoms with Crippen LogP contribution >= 0.6 is 11.6 Å². The molecule has 140 valence electrons. The SMILES string of the molecule is Cc1c(C(=O)NCc2ccc(C(F)(F)F)cc2)nnn1-c1ccc(Cl)cc1. The standard InChI is InChI=1S/C18H14ClF3N4O/c1-11-16(24-25-26(11)15-8-6-14(19)7-9-15)17(27)23-10-12-2-4-13(5-3-12)18(20,21)22/h2-9H,10H2,1H3,(H,23,27). The first-order chi connectivity index (χ1) is 12.8. The van der Waals surface area contributed by atoms with Crippen LogP contribution in [0.5, 0.6) is 0 Å². The number of rotatable bonds is 4. The molecular formula is C18H14ClF3N4O. The molecule has 27 heavy (non-hydrogen) atoms. The maximum absolute atomic E-state index is 12.6. The molecule has 0 radical (unpaired) electrons. The topological polar surface area (TPSA) is 59.8 Å². The largest absolute Gasteiger partial charge is 0.416 e. The summed E-state index contributed by atoms with van der Waals surface area (Å²) in [4.78, 5) is 12.3. The van der Waals surface area contributed by atoms with E-state index in [1.54, 1.807) is 31.2 Å². The van der Waals surface area contributed by atoms with E-state index in [1.807, 2.05) is 0 Å². The van der Waals surface area contributed by atoms with Crippen molar-refractivity contribution in [2.45, 2.75) is 19.6 Å². The molecule has 0 spiro atoms. The quantitative estimate of drug-likeness (QED) is 0.722. The summed E-state index contributed by atoms with van der Waals surface area (Å²) in [5.41, 5.74) is 1.17. The molecule has 2 aromatic carbocycles. The number of hydrogen-bond acceptors (Lipinski definition) is 3. The number of benzene rings is 2. The number of carbonyl (C=O) groups excluding carboxylic acids is 1. The zero-order valence-corrected chi connectivity index (χ0v) is 14.8. The lowest BCUT2D eigenvalue weighted by Gasteiger charge is -2.08. The Morgan fingerprint density at radius 3 is 2.33 bits per heavy atom. The van der Waals surface area contributed by atoms with E-state index in [-0.39, 0.29) is 12.2 Å². The monoisotopic (exact) mass is 394 g/mol. The number of nitrogens with one attached hydrogen (secondary N) is 1. The van der Waals surface area contributed by atoms with Gasteiger partial charge in [0.15, 0.2) is 5.69 Å². The normalized spacial score (nSPS) is 11.4. The molecular weight excluding hydrogens is 381 g/mol. The Morgan fingerprint density at radius 1 is 1.11 bits per heavy atom. The van der Waals surface area contributed by atoms with E-state index in [4.69, 9.17) is 11.6 Å². The van der Waals surface area contributed by atoms with E-state index in [9.17, 15) is 18.0 Å². The fourth-order valence-corrected chi connectivity index (χ4v) is 2.57. The minimum atomic E-state index is -4.39. The summed E-state index contributed by atoms with van der Waals surface area (Å²) < 4.78 is 39.2. The number of amides is 1. The van der Waals surface area contributed by atoms with Gasteiger partial charge in [0, 0.05) is 11.6 Å². The molecule has 0 fully saturated rings. The zero-order chi connectivity index (χ0) is 19.6. The Hall–Kier alpha value is -2.87. The maximum atomic E-state index is 12.6. The number of carbonyl (C=O) groups is 1. The second-order valence-electron chi connectivity index (χ2n) is 5.79. The second kappa shape index (κ2) is 7.40. The molecule has 1 amide bonds. The number of alkyl halides is 3. The zero-order valence-electron chi connectivity index (χ0n) is 14.1. The van der Waals surface area contributed by atoms with Crippen LogP contribution in [0.2, 0.25) is 5.02 Å².